The summed E-state index contributed by atoms with van der Waals surface area (Å²) in [6.45, 7) is 7.82. The molecule has 0 atom stereocenters. The number of aromatic carboxylic acids is 1. The quantitative estimate of drug-likeness (QED) is 0.912. The molecule has 0 spiro atoms. The molecule has 6 heteroatoms. The van der Waals surface area contributed by atoms with Gasteiger partial charge in [0.1, 0.15) is 0 Å². The maximum Gasteiger partial charge on any atom is 0.358 e. The zero-order valence-corrected chi connectivity index (χ0v) is 13.4. The van der Waals surface area contributed by atoms with Crippen LogP contribution in [0.4, 0.5) is 0 Å². The number of hydrogen-bond donors (Lipinski definition) is 1. The molecule has 106 valence electrons. The van der Waals surface area contributed by atoms with Gasteiger partial charge in [0, 0.05) is 9.89 Å². The van der Waals surface area contributed by atoms with Gasteiger partial charge in [0.2, 0.25) is 0 Å². The van der Waals surface area contributed by atoms with Gasteiger partial charge in [-0.05, 0) is 24.6 Å². The molecule has 0 bridgehead atoms. The molecule has 2 aromatic rings. The third kappa shape index (κ3) is 2.60. The molecule has 0 fully saturated rings. The second-order valence-corrected chi connectivity index (χ2v) is 6.54. The summed E-state index contributed by atoms with van der Waals surface area (Å²) in [4.78, 5) is 11.3. The van der Waals surface area contributed by atoms with Gasteiger partial charge in [-0.1, -0.05) is 48.0 Å². The minimum absolute atomic E-state index is 0.00537. The Morgan fingerprint density at radius 3 is 2.50 bits per heavy atom. The minimum Gasteiger partial charge on any atom is -0.476 e. The highest BCUT2D eigenvalue weighted by atomic mass is 79.9. The number of aryl methyl sites for hydroxylation is 1. The topological polar surface area (TPSA) is 68.0 Å². The fourth-order valence-corrected chi connectivity index (χ4v) is 2.36. The first-order valence-corrected chi connectivity index (χ1v) is 6.97. The minimum atomic E-state index is -1.06. The largest absolute Gasteiger partial charge is 0.476 e. The second-order valence-electron chi connectivity index (χ2n) is 5.69. The number of hydrogen-bond acceptors (Lipinski definition) is 3. The Kier molecular flexibility index (Phi) is 3.69. The molecule has 5 nitrogen and oxygen atoms in total. The molecule has 0 aliphatic rings. The SMILES string of the molecule is Cc1ccc(-n2nnc(C(=O)O)c2C(C)(C)C)cc1Br. The highest BCUT2D eigenvalue weighted by molar-refractivity contribution is 9.10. The first kappa shape index (κ1) is 14.7. The van der Waals surface area contributed by atoms with Crippen LogP contribution in [0.25, 0.3) is 5.69 Å². The van der Waals surface area contributed by atoms with Crippen LogP contribution in [0.1, 0.15) is 42.5 Å². The smallest absolute Gasteiger partial charge is 0.358 e. The monoisotopic (exact) mass is 337 g/mol. The van der Waals surface area contributed by atoms with E-state index in [1.807, 2.05) is 45.9 Å². The predicted molar refractivity (Wildman–Crippen MR) is 79.5 cm³/mol. The zero-order valence-electron chi connectivity index (χ0n) is 11.8. The Morgan fingerprint density at radius 1 is 1.35 bits per heavy atom. The summed E-state index contributed by atoms with van der Waals surface area (Å²) in [5, 5.41) is 17.1. The van der Waals surface area contributed by atoms with Gasteiger partial charge in [-0.3, -0.25) is 0 Å². The Hall–Kier alpha value is -1.69. The van der Waals surface area contributed by atoms with Gasteiger partial charge in [0.25, 0.3) is 0 Å². The van der Waals surface area contributed by atoms with E-state index in [1.54, 1.807) is 4.68 Å². The van der Waals surface area contributed by atoms with Crippen molar-refractivity contribution in [2.24, 2.45) is 0 Å². The molecule has 1 N–H and O–H groups in total. The van der Waals surface area contributed by atoms with E-state index in [-0.39, 0.29) is 11.1 Å². The van der Waals surface area contributed by atoms with Crippen LogP contribution in [0.3, 0.4) is 0 Å². The molecule has 0 radical (unpaired) electrons. The zero-order chi connectivity index (χ0) is 15.1. The van der Waals surface area contributed by atoms with Crippen LogP contribution in [-0.2, 0) is 5.41 Å². The molecule has 0 aliphatic carbocycles. The molecule has 0 saturated heterocycles. The van der Waals surface area contributed by atoms with Crippen LogP contribution >= 0.6 is 15.9 Å². The number of aromatic nitrogens is 3. The second kappa shape index (κ2) is 5.01. The van der Waals surface area contributed by atoms with E-state index in [2.05, 4.69) is 26.2 Å². The van der Waals surface area contributed by atoms with Crippen molar-refractivity contribution in [2.45, 2.75) is 33.1 Å². The molecular weight excluding hydrogens is 322 g/mol. The average Bonchev–Trinajstić information content (AvgIpc) is 2.77. The van der Waals surface area contributed by atoms with Crippen molar-refractivity contribution < 1.29 is 9.90 Å². The third-order valence-electron chi connectivity index (χ3n) is 2.98. The summed E-state index contributed by atoms with van der Waals surface area (Å²) in [7, 11) is 0. The number of nitrogens with zero attached hydrogens (tertiary/aromatic N) is 3. The number of carboxylic acid groups (broad SMARTS) is 1. The molecule has 0 saturated carbocycles. The van der Waals surface area contributed by atoms with E-state index in [4.69, 9.17) is 0 Å². The van der Waals surface area contributed by atoms with Gasteiger partial charge >= 0.3 is 5.97 Å². The molecule has 1 aromatic heterocycles. The van der Waals surface area contributed by atoms with Crippen molar-refractivity contribution in [2.75, 3.05) is 0 Å². The van der Waals surface area contributed by atoms with Gasteiger partial charge in [-0.25, -0.2) is 9.48 Å². The van der Waals surface area contributed by atoms with Crippen molar-refractivity contribution in [1.29, 1.82) is 0 Å². The van der Waals surface area contributed by atoms with E-state index in [1.165, 1.54) is 0 Å². The van der Waals surface area contributed by atoms with Gasteiger partial charge in [0.15, 0.2) is 5.69 Å². The van der Waals surface area contributed by atoms with Gasteiger partial charge in [-0.2, -0.15) is 0 Å². The number of carbonyl (C=O) groups is 1. The lowest BCUT2D eigenvalue weighted by atomic mass is 9.90. The summed E-state index contributed by atoms with van der Waals surface area (Å²) < 4.78 is 2.54. The molecule has 0 unspecified atom stereocenters. The third-order valence-corrected chi connectivity index (χ3v) is 3.84. The van der Waals surface area contributed by atoms with Crippen LogP contribution in [0.5, 0.6) is 0 Å². The summed E-state index contributed by atoms with van der Waals surface area (Å²) in [6.07, 6.45) is 0. The fourth-order valence-electron chi connectivity index (χ4n) is 1.99. The maximum absolute atomic E-state index is 11.3. The first-order chi connectivity index (χ1) is 9.21. The number of rotatable bonds is 2. The molecular formula is C14H16BrN3O2. The Bertz CT molecular complexity index is 672. The molecule has 1 aromatic carbocycles. The standard InChI is InChI=1S/C14H16BrN3O2/c1-8-5-6-9(7-10(8)15)18-12(14(2,3)4)11(13(19)20)16-17-18/h5-7H,1-4H3,(H,19,20). The highest BCUT2D eigenvalue weighted by Crippen LogP contribution is 2.28. The van der Waals surface area contributed by atoms with Crippen molar-refractivity contribution in [1.82, 2.24) is 15.0 Å². The van der Waals surface area contributed by atoms with Crippen LogP contribution in [-0.4, -0.2) is 26.1 Å². The first-order valence-electron chi connectivity index (χ1n) is 6.18. The Morgan fingerprint density at radius 2 is 2.00 bits per heavy atom. The van der Waals surface area contributed by atoms with Crippen molar-refractivity contribution in [3.63, 3.8) is 0 Å². The van der Waals surface area contributed by atoms with Crippen LogP contribution in [0, 0.1) is 6.92 Å². The summed E-state index contributed by atoms with van der Waals surface area (Å²) >= 11 is 3.48. The lowest BCUT2D eigenvalue weighted by Crippen LogP contribution is -2.21. The number of carboxylic acids is 1. The number of halogens is 1. The summed E-state index contributed by atoms with van der Waals surface area (Å²) in [5.74, 6) is -1.06. The van der Waals surface area contributed by atoms with E-state index in [0.29, 0.717) is 5.69 Å². The molecule has 2 rings (SSSR count). The van der Waals surface area contributed by atoms with Crippen molar-refractivity contribution in [3.8, 4) is 5.69 Å². The van der Waals surface area contributed by atoms with E-state index in [0.717, 1.165) is 15.7 Å². The molecule has 0 aliphatic heterocycles. The molecule has 0 amide bonds. The fraction of sp³-hybridized carbons (Fsp3) is 0.357. The van der Waals surface area contributed by atoms with E-state index < -0.39 is 5.97 Å². The average molecular weight is 338 g/mol. The lowest BCUT2D eigenvalue weighted by Gasteiger charge is -2.20. The van der Waals surface area contributed by atoms with Gasteiger partial charge < -0.3 is 5.11 Å². The van der Waals surface area contributed by atoms with Crippen LogP contribution in [0.2, 0.25) is 0 Å². The highest BCUT2D eigenvalue weighted by Gasteiger charge is 2.29. The lowest BCUT2D eigenvalue weighted by molar-refractivity contribution is 0.0687. The maximum atomic E-state index is 11.3. The Balaban J connectivity index is 2.68. The van der Waals surface area contributed by atoms with Gasteiger partial charge in [0.05, 0.1) is 11.4 Å². The predicted octanol–water partition coefficient (Wildman–Crippen LogP) is 3.33. The summed E-state index contributed by atoms with van der Waals surface area (Å²) in [5.41, 5.74) is 2.08. The summed E-state index contributed by atoms with van der Waals surface area (Å²) in [6, 6.07) is 5.76. The van der Waals surface area contributed by atoms with Crippen molar-refractivity contribution >= 4 is 21.9 Å². The molecule has 20 heavy (non-hydrogen) atoms. The van der Waals surface area contributed by atoms with Gasteiger partial charge in [-0.15, -0.1) is 5.10 Å². The normalized spacial score (nSPS) is 11.7. The molecule has 1 heterocycles. The van der Waals surface area contributed by atoms with E-state index in [9.17, 15) is 9.90 Å². The van der Waals surface area contributed by atoms with Crippen LogP contribution < -0.4 is 0 Å². The van der Waals surface area contributed by atoms with Crippen molar-refractivity contribution in [3.05, 3.63) is 39.6 Å². The Labute approximate surface area is 125 Å². The van der Waals surface area contributed by atoms with Crippen LogP contribution in [0.15, 0.2) is 22.7 Å². The number of benzene rings is 1. The van der Waals surface area contributed by atoms with E-state index >= 15 is 0 Å².